The van der Waals surface area contributed by atoms with Crippen molar-refractivity contribution in [2.75, 3.05) is 11.4 Å². The van der Waals surface area contributed by atoms with Gasteiger partial charge in [0.15, 0.2) is 0 Å². The zero-order valence-electron chi connectivity index (χ0n) is 13.7. The second kappa shape index (κ2) is 7.23. The molecule has 6 nitrogen and oxygen atoms in total. The molecular weight excluding hydrogens is 357 g/mol. The highest BCUT2D eigenvalue weighted by Crippen LogP contribution is 2.22. The van der Waals surface area contributed by atoms with Gasteiger partial charge in [0.2, 0.25) is 15.9 Å². The number of anilines is 1. The lowest BCUT2D eigenvalue weighted by atomic mass is 10.1. The first-order chi connectivity index (χ1) is 12.4. The molecule has 2 aromatic carbocycles. The number of amides is 1. The molecule has 2 aromatic rings. The van der Waals surface area contributed by atoms with Crippen molar-refractivity contribution in [3.05, 3.63) is 65.5 Å². The minimum atomic E-state index is -3.84. The van der Waals surface area contributed by atoms with Crippen LogP contribution in [0.1, 0.15) is 17.5 Å². The smallest absolute Gasteiger partial charge is 0.228 e. The number of hydrogen-bond acceptors (Lipinski definition) is 4. The molecule has 1 N–H and O–H groups in total. The van der Waals surface area contributed by atoms with Crippen LogP contribution >= 0.6 is 0 Å². The number of para-hydroxylation sites is 1. The number of rotatable bonds is 5. The van der Waals surface area contributed by atoms with E-state index in [-0.39, 0.29) is 30.0 Å². The molecule has 1 atom stereocenters. The summed E-state index contributed by atoms with van der Waals surface area (Å²) in [7, 11) is -3.84. The molecule has 0 bridgehead atoms. The Morgan fingerprint density at radius 2 is 1.96 bits per heavy atom. The van der Waals surface area contributed by atoms with Crippen LogP contribution in [0.2, 0.25) is 0 Å². The van der Waals surface area contributed by atoms with Crippen LogP contribution in [0.5, 0.6) is 0 Å². The van der Waals surface area contributed by atoms with Gasteiger partial charge in [-0.15, -0.1) is 0 Å². The highest BCUT2D eigenvalue weighted by Gasteiger charge is 2.33. The molecule has 0 saturated carbocycles. The molecule has 26 heavy (non-hydrogen) atoms. The van der Waals surface area contributed by atoms with E-state index in [4.69, 9.17) is 5.26 Å². The van der Waals surface area contributed by atoms with Gasteiger partial charge < -0.3 is 4.90 Å². The predicted molar refractivity (Wildman–Crippen MR) is 94.1 cm³/mol. The Labute approximate surface area is 150 Å². The molecule has 1 unspecified atom stereocenters. The Morgan fingerprint density at radius 3 is 2.62 bits per heavy atom. The molecule has 1 saturated heterocycles. The van der Waals surface area contributed by atoms with E-state index in [1.165, 1.54) is 17.0 Å². The van der Waals surface area contributed by atoms with Crippen molar-refractivity contribution in [3.63, 3.8) is 0 Å². The van der Waals surface area contributed by atoms with Gasteiger partial charge in [-0.25, -0.2) is 17.5 Å². The number of hydrogen-bond donors (Lipinski definition) is 1. The average Bonchev–Trinajstić information content (AvgIpc) is 2.96. The number of sulfonamides is 1. The van der Waals surface area contributed by atoms with Crippen LogP contribution < -0.4 is 9.62 Å². The lowest BCUT2D eigenvalue weighted by Crippen LogP contribution is -2.37. The Kier molecular flexibility index (Phi) is 5.02. The number of carbonyl (C=O) groups excluding carboxylic acids is 1. The fourth-order valence-electron chi connectivity index (χ4n) is 2.88. The van der Waals surface area contributed by atoms with Gasteiger partial charge in [0, 0.05) is 30.3 Å². The molecule has 1 amide bonds. The van der Waals surface area contributed by atoms with Gasteiger partial charge in [-0.2, -0.15) is 5.26 Å². The zero-order chi connectivity index (χ0) is 18.7. The molecule has 0 aliphatic carbocycles. The summed E-state index contributed by atoms with van der Waals surface area (Å²) in [5.41, 5.74) is 0.801. The van der Waals surface area contributed by atoms with Crippen LogP contribution in [0.3, 0.4) is 0 Å². The molecule has 134 valence electrons. The van der Waals surface area contributed by atoms with E-state index in [0.29, 0.717) is 5.69 Å². The van der Waals surface area contributed by atoms with Crippen LogP contribution in [0.4, 0.5) is 10.1 Å². The quantitative estimate of drug-likeness (QED) is 0.867. The maximum absolute atomic E-state index is 13.9. The first-order valence-electron chi connectivity index (χ1n) is 7.92. The largest absolute Gasteiger partial charge is 0.311 e. The Bertz CT molecular complexity index is 971. The van der Waals surface area contributed by atoms with Crippen molar-refractivity contribution in [2.45, 2.75) is 18.2 Å². The Balaban J connectivity index is 1.69. The van der Waals surface area contributed by atoms with Gasteiger partial charge in [-0.05, 0) is 24.3 Å². The van der Waals surface area contributed by atoms with E-state index in [9.17, 15) is 17.6 Å². The SMILES string of the molecule is N#Cc1ccc(CS(=O)(=O)NC2CC(=O)N(c3ccccc3)C2)c(F)c1. The third-order valence-electron chi connectivity index (χ3n) is 4.07. The van der Waals surface area contributed by atoms with Gasteiger partial charge in [-0.1, -0.05) is 24.3 Å². The van der Waals surface area contributed by atoms with E-state index in [0.717, 1.165) is 6.07 Å². The maximum atomic E-state index is 13.9. The molecule has 1 aliphatic heterocycles. The number of halogens is 1. The summed E-state index contributed by atoms with van der Waals surface area (Å²) in [6, 6.07) is 13.9. The molecule has 0 aromatic heterocycles. The summed E-state index contributed by atoms with van der Waals surface area (Å²) in [5.74, 6) is -1.48. The molecule has 8 heteroatoms. The molecule has 1 fully saturated rings. The molecule has 3 rings (SSSR count). The maximum Gasteiger partial charge on any atom is 0.228 e. The summed E-state index contributed by atoms with van der Waals surface area (Å²) in [6.07, 6.45) is 0.0456. The van der Waals surface area contributed by atoms with Crippen molar-refractivity contribution in [1.82, 2.24) is 4.72 Å². The summed E-state index contributed by atoms with van der Waals surface area (Å²) in [5, 5.41) is 8.74. The lowest BCUT2D eigenvalue weighted by Gasteiger charge is -2.17. The van der Waals surface area contributed by atoms with E-state index in [1.54, 1.807) is 30.3 Å². The normalized spacial score (nSPS) is 17.3. The van der Waals surface area contributed by atoms with Crippen molar-refractivity contribution >= 4 is 21.6 Å². The second-order valence-electron chi connectivity index (χ2n) is 6.04. The molecule has 1 aliphatic rings. The van der Waals surface area contributed by atoms with E-state index in [2.05, 4.69) is 4.72 Å². The van der Waals surface area contributed by atoms with Crippen molar-refractivity contribution in [2.24, 2.45) is 0 Å². The number of nitrogens with zero attached hydrogens (tertiary/aromatic N) is 2. The summed E-state index contributed by atoms with van der Waals surface area (Å²) < 4.78 is 41.1. The van der Waals surface area contributed by atoms with Gasteiger partial charge in [0.25, 0.3) is 0 Å². The van der Waals surface area contributed by atoms with Crippen LogP contribution in [0.15, 0.2) is 48.5 Å². The average molecular weight is 373 g/mol. The lowest BCUT2D eigenvalue weighted by molar-refractivity contribution is -0.117. The summed E-state index contributed by atoms with van der Waals surface area (Å²) in [6.45, 7) is 0.220. The fourth-order valence-corrected chi connectivity index (χ4v) is 4.27. The van der Waals surface area contributed by atoms with Crippen molar-refractivity contribution in [1.29, 1.82) is 5.26 Å². The minimum absolute atomic E-state index is 0.0271. The van der Waals surface area contributed by atoms with Crippen LogP contribution in [-0.2, 0) is 20.6 Å². The fraction of sp³-hybridized carbons (Fsp3) is 0.222. The van der Waals surface area contributed by atoms with E-state index < -0.39 is 27.6 Å². The van der Waals surface area contributed by atoms with Crippen LogP contribution in [0.25, 0.3) is 0 Å². The molecule has 0 spiro atoms. The first kappa shape index (κ1) is 18.0. The number of nitriles is 1. The standard InChI is InChI=1S/C18H16FN3O3S/c19-17-8-13(10-20)6-7-14(17)12-26(24,25)21-15-9-18(23)22(11-15)16-4-2-1-3-5-16/h1-8,15,21H,9,11-12H2. The topological polar surface area (TPSA) is 90.3 Å². The molecular formula is C18H16FN3O3S. The zero-order valence-corrected chi connectivity index (χ0v) is 14.5. The number of benzene rings is 2. The van der Waals surface area contributed by atoms with Gasteiger partial charge in [-0.3, -0.25) is 4.79 Å². The highest BCUT2D eigenvalue weighted by molar-refractivity contribution is 7.88. The van der Waals surface area contributed by atoms with E-state index >= 15 is 0 Å². The summed E-state index contributed by atoms with van der Waals surface area (Å²) >= 11 is 0. The van der Waals surface area contributed by atoms with Gasteiger partial charge in [0.1, 0.15) is 5.82 Å². The Morgan fingerprint density at radius 1 is 1.23 bits per heavy atom. The van der Waals surface area contributed by atoms with Crippen molar-refractivity contribution in [3.8, 4) is 6.07 Å². The van der Waals surface area contributed by atoms with Crippen LogP contribution in [-0.4, -0.2) is 26.9 Å². The van der Waals surface area contributed by atoms with Crippen molar-refractivity contribution < 1.29 is 17.6 Å². The van der Waals surface area contributed by atoms with Gasteiger partial charge >= 0.3 is 0 Å². The third kappa shape index (κ3) is 4.07. The highest BCUT2D eigenvalue weighted by atomic mass is 32.2. The van der Waals surface area contributed by atoms with Gasteiger partial charge in [0.05, 0.1) is 17.4 Å². The van der Waals surface area contributed by atoms with Crippen LogP contribution in [0, 0.1) is 17.1 Å². The number of carbonyl (C=O) groups is 1. The predicted octanol–water partition coefficient (Wildman–Crippen LogP) is 1.92. The second-order valence-corrected chi connectivity index (χ2v) is 7.79. The number of nitrogens with one attached hydrogen (secondary N) is 1. The van der Waals surface area contributed by atoms with E-state index in [1.807, 2.05) is 6.07 Å². The summed E-state index contributed by atoms with van der Waals surface area (Å²) in [4.78, 5) is 13.7. The third-order valence-corrected chi connectivity index (χ3v) is 5.45. The monoisotopic (exact) mass is 373 g/mol. The first-order valence-corrected chi connectivity index (χ1v) is 9.57. The Hall–Kier alpha value is -2.76. The minimum Gasteiger partial charge on any atom is -0.311 e. The molecule has 1 heterocycles. The molecule has 0 radical (unpaired) electrons.